The molecule has 1 aliphatic heterocycles. The SMILES string of the molecule is O=C(C=Cc1ccccc1)c1ccc(OC(=O)N2CCOCC2)cc1. The molecule has 2 aromatic carbocycles. The molecule has 1 fully saturated rings. The molecule has 2 aromatic rings. The van der Waals surface area contributed by atoms with Gasteiger partial charge in [0.1, 0.15) is 5.75 Å². The van der Waals surface area contributed by atoms with Gasteiger partial charge in [0, 0.05) is 18.7 Å². The molecule has 0 atom stereocenters. The van der Waals surface area contributed by atoms with E-state index >= 15 is 0 Å². The maximum atomic E-state index is 12.2. The summed E-state index contributed by atoms with van der Waals surface area (Å²) in [5.74, 6) is 0.315. The molecule has 3 rings (SSSR count). The van der Waals surface area contributed by atoms with Gasteiger partial charge in [0.15, 0.2) is 5.78 Å². The predicted molar refractivity (Wildman–Crippen MR) is 94.7 cm³/mol. The zero-order valence-electron chi connectivity index (χ0n) is 13.8. The van der Waals surface area contributed by atoms with E-state index in [0.717, 1.165) is 5.56 Å². The Kier molecular flexibility index (Phi) is 5.59. The van der Waals surface area contributed by atoms with Gasteiger partial charge >= 0.3 is 6.09 Å². The minimum absolute atomic E-state index is 0.102. The first kappa shape index (κ1) is 16.9. The van der Waals surface area contributed by atoms with Crippen molar-refractivity contribution in [3.8, 4) is 5.75 Å². The number of amides is 1. The number of ether oxygens (including phenoxy) is 2. The summed E-state index contributed by atoms with van der Waals surface area (Å²) in [6, 6.07) is 16.2. The topological polar surface area (TPSA) is 55.8 Å². The molecule has 25 heavy (non-hydrogen) atoms. The Bertz CT molecular complexity index is 747. The predicted octanol–water partition coefficient (Wildman–Crippen LogP) is 3.41. The van der Waals surface area contributed by atoms with Gasteiger partial charge < -0.3 is 14.4 Å². The van der Waals surface area contributed by atoms with Crippen molar-refractivity contribution in [2.75, 3.05) is 26.3 Å². The number of nitrogens with zero attached hydrogens (tertiary/aromatic N) is 1. The number of carbonyl (C=O) groups is 2. The van der Waals surface area contributed by atoms with Crippen molar-refractivity contribution in [2.24, 2.45) is 0 Å². The standard InChI is InChI=1S/C20H19NO4/c22-19(11-6-16-4-2-1-3-5-16)17-7-9-18(10-8-17)25-20(23)21-12-14-24-15-13-21/h1-11H,12-15H2. The van der Waals surface area contributed by atoms with Crippen LogP contribution in [0.5, 0.6) is 5.75 Å². The zero-order valence-corrected chi connectivity index (χ0v) is 13.8. The Morgan fingerprint density at radius 2 is 1.64 bits per heavy atom. The Morgan fingerprint density at radius 1 is 0.960 bits per heavy atom. The zero-order chi connectivity index (χ0) is 17.5. The van der Waals surface area contributed by atoms with Gasteiger partial charge in [-0.1, -0.05) is 36.4 Å². The van der Waals surface area contributed by atoms with Crippen molar-refractivity contribution in [3.63, 3.8) is 0 Å². The lowest BCUT2D eigenvalue weighted by Gasteiger charge is -2.25. The lowest BCUT2D eigenvalue weighted by molar-refractivity contribution is 0.0416. The van der Waals surface area contributed by atoms with E-state index in [-0.39, 0.29) is 5.78 Å². The molecule has 0 saturated carbocycles. The van der Waals surface area contributed by atoms with E-state index in [1.807, 2.05) is 30.3 Å². The monoisotopic (exact) mass is 337 g/mol. The summed E-state index contributed by atoms with van der Waals surface area (Å²) in [6.07, 6.45) is 2.91. The van der Waals surface area contributed by atoms with E-state index in [4.69, 9.17) is 9.47 Å². The number of morpholine rings is 1. The van der Waals surface area contributed by atoms with Crippen LogP contribution in [-0.4, -0.2) is 43.1 Å². The van der Waals surface area contributed by atoms with Crippen molar-refractivity contribution >= 4 is 18.0 Å². The second-order valence-electron chi connectivity index (χ2n) is 5.60. The van der Waals surface area contributed by atoms with Gasteiger partial charge in [-0.15, -0.1) is 0 Å². The third kappa shape index (κ3) is 4.78. The number of rotatable bonds is 4. The van der Waals surface area contributed by atoms with Crippen molar-refractivity contribution in [1.29, 1.82) is 0 Å². The summed E-state index contributed by atoms with van der Waals surface area (Å²) in [5, 5.41) is 0. The highest BCUT2D eigenvalue weighted by Crippen LogP contribution is 2.15. The first-order chi connectivity index (χ1) is 12.2. The normalized spacial score (nSPS) is 14.5. The fraction of sp³-hybridized carbons (Fsp3) is 0.200. The molecule has 0 spiro atoms. The number of benzene rings is 2. The highest BCUT2D eigenvalue weighted by atomic mass is 16.6. The van der Waals surface area contributed by atoms with Crippen LogP contribution in [0.4, 0.5) is 4.79 Å². The van der Waals surface area contributed by atoms with Gasteiger partial charge in [-0.25, -0.2) is 4.79 Å². The van der Waals surface area contributed by atoms with E-state index < -0.39 is 6.09 Å². The number of hydrogen-bond donors (Lipinski definition) is 0. The highest BCUT2D eigenvalue weighted by Gasteiger charge is 2.18. The molecule has 0 unspecified atom stereocenters. The lowest BCUT2D eigenvalue weighted by atomic mass is 10.1. The van der Waals surface area contributed by atoms with Crippen molar-refractivity contribution in [3.05, 3.63) is 71.8 Å². The summed E-state index contributed by atoms with van der Waals surface area (Å²) in [5.41, 5.74) is 1.50. The molecule has 5 nitrogen and oxygen atoms in total. The van der Waals surface area contributed by atoms with Crippen LogP contribution in [0.15, 0.2) is 60.7 Å². The molecule has 0 N–H and O–H groups in total. The minimum Gasteiger partial charge on any atom is -0.410 e. The fourth-order valence-corrected chi connectivity index (χ4v) is 2.43. The molecule has 0 aliphatic carbocycles. The van der Waals surface area contributed by atoms with Crippen LogP contribution in [0.2, 0.25) is 0 Å². The largest absolute Gasteiger partial charge is 0.415 e. The fourth-order valence-electron chi connectivity index (χ4n) is 2.43. The van der Waals surface area contributed by atoms with E-state index in [1.54, 1.807) is 35.2 Å². The summed E-state index contributed by atoms with van der Waals surface area (Å²) >= 11 is 0. The van der Waals surface area contributed by atoms with Gasteiger partial charge in [0.2, 0.25) is 0 Å². The molecule has 0 bridgehead atoms. The van der Waals surface area contributed by atoms with Gasteiger partial charge in [0.05, 0.1) is 13.2 Å². The van der Waals surface area contributed by atoms with E-state index in [0.29, 0.717) is 37.6 Å². The Morgan fingerprint density at radius 3 is 2.32 bits per heavy atom. The van der Waals surface area contributed by atoms with Crippen molar-refractivity contribution in [2.45, 2.75) is 0 Å². The summed E-state index contributed by atoms with van der Waals surface area (Å²) in [7, 11) is 0. The Hall–Kier alpha value is -2.92. The molecule has 1 amide bonds. The number of hydrogen-bond acceptors (Lipinski definition) is 4. The third-order valence-electron chi connectivity index (χ3n) is 3.84. The summed E-state index contributed by atoms with van der Waals surface area (Å²) in [4.78, 5) is 25.8. The van der Waals surface area contributed by atoms with Gasteiger partial charge in [-0.3, -0.25) is 4.79 Å². The van der Waals surface area contributed by atoms with Crippen LogP contribution < -0.4 is 4.74 Å². The van der Waals surface area contributed by atoms with Crippen LogP contribution >= 0.6 is 0 Å². The van der Waals surface area contributed by atoms with Gasteiger partial charge in [0.25, 0.3) is 0 Å². The number of carbonyl (C=O) groups excluding carboxylic acids is 2. The lowest BCUT2D eigenvalue weighted by Crippen LogP contribution is -2.42. The molecule has 1 heterocycles. The van der Waals surface area contributed by atoms with Gasteiger partial charge in [-0.05, 0) is 35.9 Å². The van der Waals surface area contributed by atoms with Crippen molar-refractivity contribution < 1.29 is 19.1 Å². The maximum absolute atomic E-state index is 12.2. The minimum atomic E-state index is -0.397. The first-order valence-electron chi connectivity index (χ1n) is 8.14. The second kappa shape index (κ2) is 8.26. The van der Waals surface area contributed by atoms with Gasteiger partial charge in [-0.2, -0.15) is 0 Å². The molecule has 0 radical (unpaired) electrons. The number of ketones is 1. The quantitative estimate of drug-likeness (QED) is 0.634. The average Bonchev–Trinajstić information content (AvgIpc) is 2.68. The smallest absolute Gasteiger partial charge is 0.410 e. The first-order valence-corrected chi connectivity index (χ1v) is 8.14. The van der Waals surface area contributed by atoms with Crippen LogP contribution in [0.25, 0.3) is 6.08 Å². The molecule has 5 heteroatoms. The van der Waals surface area contributed by atoms with E-state index in [2.05, 4.69) is 0 Å². The maximum Gasteiger partial charge on any atom is 0.415 e. The Balaban J connectivity index is 1.58. The second-order valence-corrected chi connectivity index (χ2v) is 5.60. The van der Waals surface area contributed by atoms with E-state index in [9.17, 15) is 9.59 Å². The molecule has 1 aliphatic rings. The van der Waals surface area contributed by atoms with E-state index in [1.165, 1.54) is 6.08 Å². The molecular weight excluding hydrogens is 318 g/mol. The van der Waals surface area contributed by atoms with Crippen LogP contribution in [0.3, 0.4) is 0 Å². The van der Waals surface area contributed by atoms with Crippen LogP contribution in [-0.2, 0) is 4.74 Å². The van der Waals surface area contributed by atoms with Crippen LogP contribution in [0.1, 0.15) is 15.9 Å². The highest BCUT2D eigenvalue weighted by molar-refractivity contribution is 6.06. The molecular formula is C20H19NO4. The van der Waals surface area contributed by atoms with Crippen molar-refractivity contribution in [1.82, 2.24) is 4.90 Å². The Labute approximate surface area is 146 Å². The summed E-state index contributed by atoms with van der Waals surface area (Å²) in [6.45, 7) is 2.10. The molecule has 128 valence electrons. The third-order valence-corrected chi connectivity index (χ3v) is 3.84. The molecule has 1 saturated heterocycles. The average molecular weight is 337 g/mol. The summed E-state index contributed by atoms with van der Waals surface area (Å²) < 4.78 is 10.5. The molecule has 0 aromatic heterocycles. The number of allylic oxidation sites excluding steroid dienone is 1. The van der Waals surface area contributed by atoms with Crippen LogP contribution in [0, 0.1) is 0 Å².